The summed E-state index contributed by atoms with van der Waals surface area (Å²) < 4.78 is 5.57. The zero-order chi connectivity index (χ0) is 12.0. The van der Waals surface area contributed by atoms with Crippen LogP contribution in [0.1, 0.15) is 26.7 Å². The lowest BCUT2D eigenvalue weighted by atomic mass is 10.1. The second kappa shape index (κ2) is 6.15. The van der Waals surface area contributed by atoms with Gasteiger partial charge in [-0.25, -0.2) is 0 Å². The van der Waals surface area contributed by atoms with Crippen LogP contribution >= 0.6 is 0 Å². The molecule has 0 aliphatic rings. The summed E-state index contributed by atoms with van der Waals surface area (Å²) in [5.74, 6) is 1.95. The molecule has 0 fully saturated rings. The molecule has 90 valence electrons. The average Bonchev–Trinajstić information content (AvgIpc) is 2.26. The van der Waals surface area contributed by atoms with Crippen molar-refractivity contribution in [1.29, 1.82) is 0 Å². The van der Waals surface area contributed by atoms with Gasteiger partial charge in [-0.1, -0.05) is 20.3 Å². The quantitative estimate of drug-likeness (QED) is 0.772. The first kappa shape index (κ1) is 12.5. The third-order valence-corrected chi connectivity index (χ3v) is 2.27. The van der Waals surface area contributed by atoms with Crippen LogP contribution in [0.25, 0.3) is 0 Å². The van der Waals surface area contributed by atoms with Crippen molar-refractivity contribution in [2.24, 2.45) is 5.92 Å². The molecule has 0 radical (unpaired) electrons. The molecule has 1 aromatic heterocycles. The van der Waals surface area contributed by atoms with Crippen molar-refractivity contribution in [1.82, 2.24) is 9.97 Å². The molecule has 1 aromatic rings. The Morgan fingerprint density at radius 1 is 1.50 bits per heavy atom. The Balaban J connectivity index is 2.56. The number of hydrogen-bond donors (Lipinski definition) is 2. The van der Waals surface area contributed by atoms with Gasteiger partial charge in [-0.3, -0.25) is 0 Å². The maximum atomic E-state index is 5.57. The minimum absolute atomic E-state index is 0.227. The highest BCUT2D eigenvalue weighted by Gasteiger charge is 2.05. The highest BCUT2D eigenvalue weighted by molar-refractivity contribution is 5.41. The van der Waals surface area contributed by atoms with E-state index in [1.807, 2.05) is 0 Å². The Kier molecular flexibility index (Phi) is 4.82. The second-order valence-corrected chi connectivity index (χ2v) is 3.90. The topological polar surface area (TPSA) is 73.1 Å². The average molecular weight is 224 g/mol. The van der Waals surface area contributed by atoms with Gasteiger partial charge in [0.05, 0.1) is 6.61 Å². The molecule has 16 heavy (non-hydrogen) atoms. The smallest absolute Gasteiger partial charge is 0.225 e. The maximum Gasteiger partial charge on any atom is 0.225 e. The molecular formula is C11H20N4O. The van der Waals surface area contributed by atoms with Crippen LogP contribution in [-0.2, 0) is 0 Å². The van der Waals surface area contributed by atoms with Gasteiger partial charge < -0.3 is 15.8 Å². The molecule has 0 aliphatic heterocycles. The summed E-state index contributed by atoms with van der Waals surface area (Å²) in [7, 11) is 1.78. The van der Waals surface area contributed by atoms with Crippen molar-refractivity contribution >= 4 is 11.8 Å². The second-order valence-electron chi connectivity index (χ2n) is 3.90. The van der Waals surface area contributed by atoms with Gasteiger partial charge in [0.25, 0.3) is 0 Å². The number of nitrogens with zero attached hydrogens (tertiary/aromatic N) is 2. The molecule has 5 nitrogen and oxygen atoms in total. The zero-order valence-corrected chi connectivity index (χ0v) is 10.2. The van der Waals surface area contributed by atoms with Gasteiger partial charge in [0.15, 0.2) is 0 Å². The van der Waals surface area contributed by atoms with Crippen LogP contribution in [-0.4, -0.2) is 23.6 Å². The molecular weight excluding hydrogens is 204 g/mol. The van der Waals surface area contributed by atoms with E-state index in [0.717, 1.165) is 12.8 Å². The molecule has 0 spiro atoms. The molecule has 5 heteroatoms. The van der Waals surface area contributed by atoms with Gasteiger partial charge in [-0.05, 0) is 12.3 Å². The zero-order valence-electron chi connectivity index (χ0n) is 10.2. The number of ether oxygens (including phenoxy) is 1. The van der Waals surface area contributed by atoms with E-state index in [-0.39, 0.29) is 5.95 Å². The van der Waals surface area contributed by atoms with Gasteiger partial charge in [0, 0.05) is 13.1 Å². The number of hydrogen-bond acceptors (Lipinski definition) is 5. The van der Waals surface area contributed by atoms with E-state index in [2.05, 4.69) is 29.1 Å². The first-order chi connectivity index (χ1) is 7.65. The van der Waals surface area contributed by atoms with Crippen LogP contribution in [0.4, 0.5) is 11.8 Å². The molecule has 0 bridgehead atoms. The molecule has 0 saturated heterocycles. The Morgan fingerprint density at radius 3 is 2.88 bits per heavy atom. The summed E-state index contributed by atoms with van der Waals surface area (Å²) in [5, 5.41) is 2.91. The van der Waals surface area contributed by atoms with E-state index in [0.29, 0.717) is 24.2 Å². The van der Waals surface area contributed by atoms with Crippen LogP contribution < -0.4 is 15.8 Å². The van der Waals surface area contributed by atoms with Crippen molar-refractivity contribution in [3.8, 4) is 5.88 Å². The number of nitrogens with two attached hydrogens (primary N) is 1. The fraction of sp³-hybridized carbons (Fsp3) is 0.636. The van der Waals surface area contributed by atoms with E-state index in [1.54, 1.807) is 13.1 Å². The van der Waals surface area contributed by atoms with Gasteiger partial charge in [0.1, 0.15) is 5.82 Å². The highest BCUT2D eigenvalue weighted by Crippen LogP contribution is 2.15. The number of aromatic nitrogens is 2. The number of nitrogen functional groups attached to an aromatic ring is 1. The third-order valence-electron chi connectivity index (χ3n) is 2.27. The molecule has 1 rings (SSSR count). The summed E-state index contributed by atoms with van der Waals surface area (Å²) >= 11 is 0. The van der Waals surface area contributed by atoms with Gasteiger partial charge in [-0.15, -0.1) is 0 Å². The van der Waals surface area contributed by atoms with E-state index in [4.69, 9.17) is 10.5 Å². The van der Waals surface area contributed by atoms with Crippen LogP contribution in [0.5, 0.6) is 5.88 Å². The first-order valence-corrected chi connectivity index (χ1v) is 5.60. The summed E-state index contributed by atoms with van der Waals surface area (Å²) in [6.07, 6.45) is 2.32. The lowest BCUT2D eigenvalue weighted by Crippen LogP contribution is -2.10. The molecule has 0 amide bonds. The van der Waals surface area contributed by atoms with Crippen molar-refractivity contribution in [3.63, 3.8) is 0 Å². The van der Waals surface area contributed by atoms with Gasteiger partial charge in [0.2, 0.25) is 11.8 Å². The lowest BCUT2D eigenvalue weighted by molar-refractivity contribution is 0.243. The summed E-state index contributed by atoms with van der Waals surface area (Å²) in [4.78, 5) is 8.01. The Bertz CT molecular complexity index is 330. The van der Waals surface area contributed by atoms with Crippen LogP contribution in [0.15, 0.2) is 6.07 Å². The van der Waals surface area contributed by atoms with Gasteiger partial charge >= 0.3 is 0 Å². The van der Waals surface area contributed by atoms with Crippen molar-refractivity contribution in [2.75, 3.05) is 24.7 Å². The summed E-state index contributed by atoms with van der Waals surface area (Å²) in [5.41, 5.74) is 5.56. The Labute approximate surface area is 96.4 Å². The fourth-order valence-corrected chi connectivity index (χ4v) is 1.45. The van der Waals surface area contributed by atoms with E-state index < -0.39 is 0 Å². The molecule has 1 atom stereocenters. The van der Waals surface area contributed by atoms with Crippen LogP contribution in [0, 0.1) is 5.92 Å². The third kappa shape index (κ3) is 3.92. The molecule has 0 aliphatic carbocycles. The van der Waals surface area contributed by atoms with Crippen molar-refractivity contribution in [2.45, 2.75) is 26.7 Å². The highest BCUT2D eigenvalue weighted by atomic mass is 16.5. The molecule has 1 heterocycles. The summed E-state index contributed by atoms with van der Waals surface area (Å²) in [6, 6.07) is 1.75. The first-order valence-electron chi connectivity index (χ1n) is 5.60. The normalized spacial score (nSPS) is 12.2. The van der Waals surface area contributed by atoms with Crippen LogP contribution in [0.3, 0.4) is 0 Å². The SMILES string of the molecule is CCCC(C)COc1cc(NC)nc(N)n1. The van der Waals surface area contributed by atoms with Gasteiger partial charge in [-0.2, -0.15) is 9.97 Å². The minimum atomic E-state index is 0.227. The Morgan fingerprint density at radius 2 is 2.25 bits per heavy atom. The molecule has 0 saturated carbocycles. The minimum Gasteiger partial charge on any atom is -0.477 e. The number of nitrogens with one attached hydrogen (secondary N) is 1. The number of rotatable bonds is 6. The van der Waals surface area contributed by atoms with E-state index >= 15 is 0 Å². The lowest BCUT2D eigenvalue weighted by Gasteiger charge is -2.12. The van der Waals surface area contributed by atoms with E-state index in [9.17, 15) is 0 Å². The van der Waals surface area contributed by atoms with E-state index in [1.165, 1.54) is 0 Å². The summed E-state index contributed by atoms with van der Waals surface area (Å²) in [6.45, 7) is 4.98. The predicted octanol–water partition coefficient (Wildman–Crippen LogP) is 1.92. The van der Waals surface area contributed by atoms with Crippen LogP contribution in [0.2, 0.25) is 0 Å². The van der Waals surface area contributed by atoms with Crippen molar-refractivity contribution in [3.05, 3.63) is 6.07 Å². The maximum absolute atomic E-state index is 5.57. The fourth-order valence-electron chi connectivity index (χ4n) is 1.45. The Hall–Kier alpha value is -1.52. The monoisotopic (exact) mass is 224 g/mol. The number of anilines is 2. The van der Waals surface area contributed by atoms with Crippen molar-refractivity contribution < 1.29 is 4.74 Å². The molecule has 0 aromatic carbocycles. The standard InChI is InChI=1S/C11H20N4O/c1-4-5-8(2)7-16-10-6-9(13-3)14-11(12)15-10/h6,8H,4-5,7H2,1-3H3,(H3,12,13,14,15). The largest absolute Gasteiger partial charge is 0.477 e. The molecule has 1 unspecified atom stereocenters. The molecule has 3 N–H and O–H groups in total. The predicted molar refractivity (Wildman–Crippen MR) is 65.6 cm³/mol.